The van der Waals surface area contributed by atoms with Crippen LogP contribution in [0.1, 0.15) is 12.0 Å². The number of carboxylic acid groups (broad SMARTS) is 1. The highest BCUT2D eigenvalue weighted by atomic mass is 19.4. The van der Waals surface area contributed by atoms with Crippen LogP contribution in [0.2, 0.25) is 0 Å². The van der Waals surface area contributed by atoms with E-state index < -0.39 is 17.8 Å². The van der Waals surface area contributed by atoms with Gasteiger partial charge in [0.15, 0.2) is 0 Å². The van der Waals surface area contributed by atoms with Gasteiger partial charge in [0.05, 0.1) is 5.56 Å². The van der Waals surface area contributed by atoms with E-state index in [1.807, 2.05) is 54.6 Å². The Balaban J connectivity index is 1.30. The number of anilines is 2. The summed E-state index contributed by atoms with van der Waals surface area (Å²) >= 11 is 0. The molecular formula is C27H28F3N3O2. The van der Waals surface area contributed by atoms with Gasteiger partial charge in [-0.1, -0.05) is 54.6 Å². The lowest BCUT2D eigenvalue weighted by molar-refractivity contribution is -0.137. The number of benzene rings is 3. The Kier molecular flexibility index (Phi) is 7.60. The third-order valence-corrected chi connectivity index (χ3v) is 6.30. The third-order valence-electron chi connectivity index (χ3n) is 6.30. The van der Waals surface area contributed by atoms with E-state index in [4.69, 9.17) is 0 Å². The van der Waals surface area contributed by atoms with Gasteiger partial charge < -0.3 is 10.0 Å². The summed E-state index contributed by atoms with van der Waals surface area (Å²) < 4.78 is 40.0. The molecule has 0 aliphatic carbocycles. The summed E-state index contributed by atoms with van der Waals surface area (Å²) in [5.41, 5.74) is 2.31. The summed E-state index contributed by atoms with van der Waals surface area (Å²) in [5.74, 6) is 0. The average Bonchev–Trinajstić information content (AvgIpc) is 2.87. The number of nitrogens with zero attached hydrogens (tertiary/aromatic N) is 3. The van der Waals surface area contributed by atoms with Crippen molar-refractivity contribution in [1.82, 2.24) is 4.90 Å². The predicted molar refractivity (Wildman–Crippen MR) is 132 cm³/mol. The fourth-order valence-corrected chi connectivity index (χ4v) is 4.45. The van der Waals surface area contributed by atoms with Gasteiger partial charge in [0.2, 0.25) is 0 Å². The van der Waals surface area contributed by atoms with Crippen molar-refractivity contribution in [2.45, 2.75) is 12.6 Å². The number of para-hydroxylation sites is 1. The summed E-state index contributed by atoms with van der Waals surface area (Å²) in [7, 11) is 0. The molecule has 35 heavy (non-hydrogen) atoms. The normalized spacial score (nSPS) is 14.7. The molecule has 0 radical (unpaired) electrons. The molecule has 184 valence electrons. The summed E-state index contributed by atoms with van der Waals surface area (Å²) in [6.07, 6.45) is -4.76. The first kappa shape index (κ1) is 24.6. The Labute approximate surface area is 203 Å². The van der Waals surface area contributed by atoms with Crippen LogP contribution in [-0.4, -0.2) is 55.4 Å². The molecule has 3 aromatic rings. The highest BCUT2D eigenvalue weighted by Crippen LogP contribution is 2.36. The quantitative estimate of drug-likeness (QED) is 0.443. The summed E-state index contributed by atoms with van der Waals surface area (Å²) in [5, 5.41) is 9.72. The molecule has 5 nitrogen and oxygen atoms in total. The smallest absolute Gasteiger partial charge is 0.418 e. The summed E-state index contributed by atoms with van der Waals surface area (Å²) in [6.45, 7) is 3.28. The van der Waals surface area contributed by atoms with Crippen LogP contribution in [0, 0.1) is 0 Å². The maximum atomic E-state index is 13.3. The fourth-order valence-electron chi connectivity index (χ4n) is 4.45. The zero-order valence-corrected chi connectivity index (χ0v) is 19.3. The van der Waals surface area contributed by atoms with Gasteiger partial charge in [-0.25, -0.2) is 4.79 Å². The summed E-state index contributed by atoms with van der Waals surface area (Å²) in [4.78, 5) is 17.1. The second-order valence-electron chi connectivity index (χ2n) is 8.54. The topological polar surface area (TPSA) is 47.0 Å². The van der Waals surface area contributed by atoms with Crippen molar-refractivity contribution >= 4 is 17.5 Å². The van der Waals surface area contributed by atoms with E-state index in [0.717, 1.165) is 17.2 Å². The van der Waals surface area contributed by atoms with Crippen molar-refractivity contribution in [3.8, 4) is 11.1 Å². The van der Waals surface area contributed by atoms with E-state index in [1.165, 1.54) is 17.0 Å². The van der Waals surface area contributed by atoms with Gasteiger partial charge in [-0.2, -0.15) is 13.2 Å². The Morgan fingerprint density at radius 1 is 0.829 bits per heavy atom. The monoisotopic (exact) mass is 483 g/mol. The molecule has 1 amide bonds. The maximum Gasteiger partial charge on any atom is 0.418 e. The van der Waals surface area contributed by atoms with Crippen LogP contribution in [0.4, 0.5) is 29.3 Å². The minimum absolute atomic E-state index is 0.218. The van der Waals surface area contributed by atoms with Crippen molar-refractivity contribution in [2.24, 2.45) is 0 Å². The largest absolute Gasteiger partial charge is 0.465 e. The SMILES string of the molecule is O=C(O)N(CCCN1CCN(c2ccccc2C(F)(F)F)CC1)c1ccc(-c2ccccc2)cc1. The lowest BCUT2D eigenvalue weighted by atomic mass is 10.1. The second-order valence-corrected chi connectivity index (χ2v) is 8.54. The van der Waals surface area contributed by atoms with E-state index >= 15 is 0 Å². The second kappa shape index (κ2) is 10.8. The molecule has 0 unspecified atom stereocenters. The van der Waals surface area contributed by atoms with Gasteiger partial charge in [-0.3, -0.25) is 9.80 Å². The number of amides is 1. The van der Waals surface area contributed by atoms with Gasteiger partial charge in [0.1, 0.15) is 0 Å². The molecular weight excluding hydrogens is 455 g/mol. The van der Waals surface area contributed by atoms with E-state index in [0.29, 0.717) is 51.4 Å². The molecule has 0 bridgehead atoms. The van der Waals surface area contributed by atoms with Gasteiger partial charge >= 0.3 is 12.3 Å². The molecule has 4 rings (SSSR count). The van der Waals surface area contributed by atoms with Crippen molar-refractivity contribution in [3.63, 3.8) is 0 Å². The Bertz CT molecular complexity index is 1110. The highest BCUT2D eigenvalue weighted by Gasteiger charge is 2.35. The number of piperazine rings is 1. The Hall–Kier alpha value is -3.52. The molecule has 0 atom stereocenters. The van der Waals surface area contributed by atoms with Crippen LogP contribution in [0.5, 0.6) is 0 Å². The highest BCUT2D eigenvalue weighted by molar-refractivity contribution is 5.86. The number of hydrogen-bond donors (Lipinski definition) is 1. The molecule has 1 fully saturated rings. The predicted octanol–water partition coefficient (Wildman–Crippen LogP) is 6.07. The van der Waals surface area contributed by atoms with E-state index in [9.17, 15) is 23.1 Å². The zero-order valence-electron chi connectivity index (χ0n) is 19.3. The lowest BCUT2D eigenvalue weighted by Crippen LogP contribution is -2.47. The minimum Gasteiger partial charge on any atom is -0.465 e. The fraction of sp³-hybridized carbons (Fsp3) is 0.296. The molecule has 8 heteroatoms. The number of alkyl halides is 3. The third kappa shape index (κ3) is 6.14. The zero-order chi connectivity index (χ0) is 24.8. The molecule has 1 aliphatic heterocycles. The maximum absolute atomic E-state index is 13.3. The number of carbonyl (C=O) groups is 1. The van der Waals surface area contributed by atoms with Gasteiger partial charge in [-0.05, 0) is 48.4 Å². The van der Waals surface area contributed by atoms with E-state index in [-0.39, 0.29) is 5.69 Å². The van der Waals surface area contributed by atoms with Crippen molar-refractivity contribution in [3.05, 3.63) is 84.4 Å². The Morgan fingerprint density at radius 2 is 1.43 bits per heavy atom. The molecule has 3 aromatic carbocycles. The number of halogens is 3. The first-order chi connectivity index (χ1) is 16.8. The van der Waals surface area contributed by atoms with Crippen LogP contribution >= 0.6 is 0 Å². The van der Waals surface area contributed by atoms with E-state index in [2.05, 4.69) is 4.90 Å². The van der Waals surface area contributed by atoms with Gasteiger partial charge in [-0.15, -0.1) is 0 Å². The van der Waals surface area contributed by atoms with Crippen LogP contribution in [0.15, 0.2) is 78.9 Å². The van der Waals surface area contributed by atoms with Crippen LogP contribution in [0.25, 0.3) is 11.1 Å². The molecule has 1 aliphatic rings. The van der Waals surface area contributed by atoms with E-state index in [1.54, 1.807) is 11.0 Å². The Morgan fingerprint density at radius 3 is 2.06 bits per heavy atom. The first-order valence-corrected chi connectivity index (χ1v) is 11.6. The standard InChI is InChI=1S/C27H28F3N3O2/c28-27(29,30)24-9-4-5-10-25(24)32-19-17-31(18-20-32)15-6-16-33(26(34)35)23-13-11-22(12-14-23)21-7-2-1-3-8-21/h1-5,7-14H,6,15-20H2,(H,34,35). The van der Waals surface area contributed by atoms with Crippen LogP contribution < -0.4 is 9.80 Å². The van der Waals surface area contributed by atoms with Crippen LogP contribution in [0.3, 0.4) is 0 Å². The van der Waals surface area contributed by atoms with Crippen molar-refractivity contribution < 1.29 is 23.1 Å². The average molecular weight is 484 g/mol. The lowest BCUT2D eigenvalue weighted by Gasteiger charge is -2.37. The summed E-state index contributed by atoms with van der Waals surface area (Å²) in [6, 6.07) is 23.0. The van der Waals surface area contributed by atoms with Crippen LogP contribution in [-0.2, 0) is 6.18 Å². The molecule has 0 spiro atoms. The molecule has 1 heterocycles. The minimum atomic E-state index is -4.38. The molecule has 1 saturated heterocycles. The van der Waals surface area contributed by atoms with Crippen molar-refractivity contribution in [1.29, 1.82) is 0 Å². The number of rotatable bonds is 7. The first-order valence-electron chi connectivity index (χ1n) is 11.6. The molecule has 0 aromatic heterocycles. The van der Waals surface area contributed by atoms with Crippen molar-refractivity contribution in [2.75, 3.05) is 49.1 Å². The number of hydrogen-bond acceptors (Lipinski definition) is 3. The van der Waals surface area contributed by atoms with Gasteiger partial charge in [0.25, 0.3) is 0 Å². The van der Waals surface area contributed by atoms with Gasteiger partial charge in [0, 0.05) is 44.1 Å². The molecule has 0 saturated carbocycles. The molecule has 1 N–H and O–H groups in total.